The number of aromatic nitrogens is 2. The quantitative estimate of drug-likeness (QED) is 0.802. The van der Waals surface area contributed by atoms with Crippen molar-refractivity contribution in [1.29, 1.82) is 0 Å². The van der Waals surface area contributed by atoms with E-state index < -0.39 is 0 Å². The van der Waals surface area contributed by atoms with Gasteiger partial charge in [0.25, 0.3) is 0 Å². The van der Waals surface area contributed by atoms with Crippen LogP contribution in [0.25, 0.3) is 11.4 Å². The minimum atomic E-state index is -0.383. The van der Waals surface area contributed by atoms with Crippen LogP contribution in [0.1, 0.15) is 29.2 Å². The van der Waals surface area contributed by atoms with Crippen molar-refractivity contribution in [3.63, 3.8) is 0 Å². The standard InChI is InChI=1S/C17H15N3O2/c1-12(13-8-4-2-5-9-13)18-16(21)17-19-15(20-22-17)14-10-6-3-7-11-14/h2-12H,1H3,(H,18,21)/t12-/m0/s1. The van der Waals surface area contributed by atoms with E-state index in [0.29, 0.717) is 5.82 Å². The van der Waals surface area contributed by atoms with Gasteiger partial charge in [0.05, 0.1) is 6.04 Å². The number of hydrogen-bond acceptors (Lipinski definition) is 4. The van der Waals surface area contributed by atoms with Gasteiger partial charge in [-0.2, -0.15) is 4.98 Å². The van der Waals surface area contributed by atoms with Crippen molar-refractivity contribution in [2.45, 2.75) is 13.0 Å². The average molecular weight is 293 g/mol. The van der Waals surface area contributed by atoms with Crippen LogP contribution in [0.2, 0.25) is 0 Å². The summed E-state index contributed by atoms with van der Waals surface area (Å²) in [6.45, 7) is 1.90. The summed E-state index contributed by atoms with van der Waals surface area (Å²) in [5.41, 5.74) is 1.82. The zero-order valence-electron chi connectivity index (χ0n) is 12.1. The van der Waals surface area contributed by atoms with Gasteiger partial charge in [-0.05, 0) is 12.5 Å². The molecule has 0 bridgehead atoms. The molecule has 0 fully saturated rings. The molecule has 0 saturated heterocycles. The molecule has 0 aliphatic heterocycles. The van der Waals surface area contributed by atoms with Gasteiger partial charge >= 0.3 is 11.8 Å². The Morgan fingerprint density at radius 3 is 2.36 bits per heavy atom. The molecule has 0 aliphatic carbocycles. The highest BCUT2D eigenvalue weighted by atomic mass is 16.5. The summed E-state index contributed by atoms with van der Waals surface area (Å²) >= 11 is 0. The zero-order chi connectivity index (χ0) is 15.4. The molecule has 22 heavy (non-hydrogen) atoms. The summed E-state index contributed by atoms with van der Waals surface area (Å²) in [5, 5.41) is 6.68. The minimum Gasteiger partial charge on any atom is -0.341 e. The highest BCUT2D eigenvalue weighted by Crippen LogP contribution is 2.16. The maximum atomic E-state index is 12.2. The lowest BCUT2D eigenvalue weighted by atomic mass is 10.1. The largest absolute Gasteiger partial charge is 0.341 e. The molecule has 1 heterocycles. The monoisotopic (exact) mass is 293 g/mol. The van der Waals surface area contributed by atoms with E-state index in [1.807, 2.05) is 67.6 Å². The Balaban J connectivity index is 1.72. The molecule has 3 aromatic rings. The highest BCUT2D eigenvalue weighted by molar-refractivity contribution is 5.90. The molecule has 1 N–H and O–H groups in total. The van der Waals surface area contributed by atoms with Crippen LogP contribution in [0.15, 0.2) is 65.2 Å². The molecule has 0 unspecified atom stereocenters. The number of nitrogens with zero attached hydrogens (tertiary/aromatic N) is 2. The van der Waals surface area contributed by atoms with Crippen LogP contribution in [0, 0.1) is 0 Å². The molecule has 1 amide bonds. The van der Waals surface area contributed by atoms with E-state index in [-0.39, 0.29) is 17.8 Å². The van der Waals surface area contributed by atoms with Crippen LogP contribution < -0.4 is 5.32 Å². The lowest BCUT2D eigenvalue weighted by molar-refractivity contribution is 0.0895. The Kier molecular flexibility index (Phi) is 3.96. The number of nitrogens with one attached hydrogen (secondary N) is 1. The van der Waals surface area contributed by atoms with Crippen LogP contribution in [0.5, 0.6) is 0 Å². The van der Waals surface area contributed by atoms with Gasteiger partial charge in [-0.1, -0.05) is 65.8 Å². The Morgan fingerprint density at radius 1 is 1.05 bits per heavy atom. The van der Waals surface area contributed by atoms with Crippen molar-refractivity contribution in [2.75, 3.05) is 0 Å². The van der Waals surface area contributed by atoms with Crippen LogP contribution in [0.4, 0.5) is 0 Å². The molecule has 5 nitrogen and oxygen atoms in total. The first-order valence-electron chi connectivity index (χ1n) is 6.99. The number of rotatable bonds is 4. The number of benzene rings is 2. The lowest BCUT2D eigenvalue weighted by Gasteiger charge is -2.12. The highest BCUT2D eigenvalue weighted by Gasteiger charge is 2.18. The number of carbonyl (C=O) groups excluding carboxylic acids is 1. The Labute approximate surface area is 128 Å². The maximum absolute atomic E-state index is 12.2. The summed E-state index contributed by atoms with van der Waals surface area (Å²) in [4.78, 5) is 16.3. The molecule has 5 heteroatoms. The van der Waals surface area contributed by atoms with E-state index in [4.69, 9.17) is 4.52 Å². The molecule has 2 aromatic carbocycles. The van der Waals surface area contributed by atoms with E-state index in [9.17, 15) is 4.79 Å². The van der Waals surface area contributed by atoms with Crippen molar-refractivity contribution in [2.24, 2.45) is 0 Å². The maximum Gasteiger partial charge on any atom is 0.316 e. The molecule has 0 spiro atoms. The van der Waals surface area contributed by atoms with E-state index in [1.54, 1.807) is 0 Å². The first-order chi connectivity index (χ1) is 10.7. The molecule has 1 atom stereocenters. The predicted octanol–water partition coefficient (Wildman–Crippen LogP) is 3.23. The smallest absolute Gasteiger partial charge is 0.316 e. The fraction of sp³-hybridized carbons (Fsp3) is 0.118. The van der Waals surface area contributed by atoms with Crippen molar-refractivity contribution >= 4 is 5.91 Å². The van der Waals surface area contributed by atoms with Crippen LogP contribution in [-0.2, 0) is 0 Å². The second kappa shape index (κ2) is 6.22. The number of amides is 1. The third kappa shape index (κ3) is 3.03. The molecular weight excluding hydrogens is 278 g/mol. The van der Waals surface area contributed by atoms with Crippen molar-refractivity contribution < 1.29 is 9.32 Å². The van der Waals surface area contributed by atoms with Gasteiger partial charge in [0.15, 0.2) is 0 Å². The second-order valence-corrected chi connectivity index (χ2v) is 4.89. The normalized spacial score (nSPS) is 11.9. The Morgan fingerprint density at radius 2 is 1.68 bits per heavy atom. The minimum absolute atomic E-state index is 0.0402. The fourth-order valence-electron chi connectivity index (χ4n) is 2.10. The van der Waals surface area contributed by atoms with Gasteiger partial charge in [-0.15, -0.1) is 0 Å². The van der Waals surface area contributed by atoms with E-state index in [0.717, 1.165) is 11.1 Å². The van der Waals surface area contributed by atoms with Gasteiger partial charge in [0.1, 0.15) is 0 Å². The molecule has 110 valence electrons. The molecule has 0 radical (unpaired) electrons. The second-order valence-electron chi connectivity index (χ2n) is 4.89. The lowest BCUT2D eigenvalue weighted by Crippen LogP contribution is -2.26. The average Bonchev–Trinajstić information content (AvgIpc) is 3.06. The fourth-order valence-corrected chi connectivity index (χ4v) is 2.10. The summed E-state index contributed by atoms with van der Waals surface area (Å²) in [5.74, 6) is -0.0224. The van der Waals surface area contributed by atoms with Gasteiger partial charge in [-0.3, -0.25) is 4.79 Å². The Hall–Kier alpha value is -2.95. The summed E-state index contributed by atoms with van der Waals surface area (Å²) in [6, 6.07) is 18.9. The zero-order valence-corrected chi connectivity index (χ0v) is 12.1. The van der Waals surface area contributed by atoms with Crippen molar-refractivity contribution in [3.8, 4) is 11.4 Å². The summed E-state index contributed by atoms with van der Waals surface area (Å²) in [6.07, 6.45) is 0. The molecule has 1 aromatic heterocycles. The first-order valence-corrected chi connectivity index (χ1v) is 6.99. The van der Waals surface area contributed by atoms with Crippen molar-refractivity contribution in [3.05, 3.63) is 72.1 Å². The SMILES string of the molecule is C[C@H](NC(=O)c1nc(-c2ccccc2)no1)c1ccccc1. The van der Waals surface area contributed by atoms with E-state index in [1.165, 1.54) is 0 Å². The van der Waals surface area contributed by atoms with Gasteiger partial charge in [0.2, 0.25) is 5.82 Å². The first kappa shape index (κ1) is 14.0. The van der Waals surface area contributed by atoms with Gasteiger partial charge < -0.3 is 9.84 Å². The summed E-state index contributed by atoms with van der Waals surface area (Å²) < 4.78 is 5.04. The third-order valence-electron chi connectivity index (χ3n) is 3.30. The van der Waals surface area contributed by atoms with Gasteiger partial charge in [-0.25, -0.2) is 0 Å². The number of hydrogen-bond donors (Lipinski definition) is 1. The molecule has 3 rings (SSSR count). The van der Waals surface area contributed by atoms with Crippen LogP contribution in [-0.4, -0.2) is 16.0 Å². The van der Waals surface area contributed by atoms with E-state index >= 15 is 0 Å². The molecule has 0 saturated carbocycles. The summed E-state index contributed by atoms with van der Waals surface area (Å²) in [7, 11) is 0. The Bertz CT molecular complexity index is 754. The van der Waals surface area contributed by atoms with Crippen LogP contribution >= 0.6 is 0 Å². The third-order valence-corrected chi connectivity index (χ3v) is 3.30. The predicted molar refractivity (Wildman–Crippen MR) is 82.1 cm³/mol. The molecule has 0 aliphatic rings. The number of carbonyl (C=O) groups is 1. The van der Waals surface area contributed by atoms with E-state index in [2.05, 4.69) is 15.5 Å². The molecular formula is C17H15N3O2. The topological polar surface area (TPSA) is 68.0 Å². The van der Waals surface area contributed by atoms with Crippen LogP contribution in [0.3, 0.4) is 0 Å². The van der Waals surface area contributed by atoms with Crippen molar-refractivity contribution in [1.82, 2.24) is 15.5 Å². The van der Waals surface area contributed by atoms with Gasteiger partial charge in [0, 0.05) is 5.56 Å².